The quantitative estimate of drug-likeness (QED) is 0.582. The molecule has 1 saturated carbocycles. The monoisotopic (exact) mass is 353 g/mol. The number of nitriles is 1. The predicted octanol–water partition coefficient (Wildman–Crippen LogP) is 5.98. The zero-order valence-corrected chi connectivity index (χ0v) is 15.6. The Morgan fingerprint density at radius 2 is 1.37 bits per heavy atom. The lowest BCUT2D eigenvalue weighted by Gasteiger charge is -2.26. The summed E-state index contributed by atoms with van der Waals surface area (Å²) in [4.78, 5) is 9.01. The maximum absolute atomic E-state index is 8.89. The van der Waals surface area contributed by atoms with Crippen LogP contribution in [0.15, 0.2) is 60.9 Å². The average Bonchev–Trinajstić information content (AvgIpc) is 2.75. The van der Waals surface area contributed by atoms with Gasteiger partial charge in [0.25, 0.3) is 0 Å². The van der Waals surface area contributed by atoms with Crippen molar-refractivity contribution >= 4 is 0 Å². The lowest BCUT2D eigenvalue weighted by atomic mass is 9.79. The summed E-state index contributed by atoms with van der Waals surface area (Å²) in [6.07, 6.45) is 9.05. The number of rotatable bonds is 3. The minimum atomic E-state index is 0.642. The van der Waals surface area contributed by atoms with Gasteiger partial charge in [0.05, 0.1) is 11.6 Å². The molecule has 0 aliphatic heterocycles. The van der Waals surface area contributed by atoms with E-state index in [4.69, 9.17) is 5.26 Å². The van der Waals surface area contributed by atoms with Crippen molar-refractivity contribution in [2.75, 3.05) is 0 Å². The van der Waals surface area contributed by atoms with Gasteiger partial charge in [0.1, 0.15) is 0 Å². The van der Waals surface area contributed by atoms with E-state index >= 15 is 0 Å². The Morgan fingerprint density at radius 3 is 1.96 bits per heavy atom. The largest absolute Gasteiger partial charge is 0.236 e. The van der Waals surface area contributed by atoms with Crippen LogP contribution in [0.4, 0.5) is 0 Å². The Hall–Kier alpha value is -2.99. The molecule has 0 amide bonds. The summed E-state index contributed by atoms with van der Waals surface area (Å²) in [6.45, 7) is 2.36. The molecule has 1 aromatic heterocycles. The Kier molecular flexibility index (Phi) is 4.98. The van der Waals surface area contributed by atoms with Gasteiger partial charge in [0.2, 0.25) is 0 Å². The molecule has 0 saturated heterocycles. The topological polar surface area (TPSA) is 49.6 Å². The number of nitrogens with zero attached hydrogens (tertiary/aromatic N) is 3. The third kappa shape index (κ3) is 3.90. The second-order valence-corrected chi connectivity index (χ2v) is 7.56. The van der Waals surface area contributed by atoms with Crippen molar-refractivity contribution in [1.82, 2.24) is 9.97 Å². The van der Waals surface area contributed by atoms with Crippen LogP contribution in [-0.2, 0) is 0 Å². The molecule has 4 rings (SSSR count). The van der Waals surface area contributed by atoms with Crippen LogP contribution in [0.5, 0.6) is 0 Å². The molecule has 27 heavy (non-hydrogen) atoms. The van der Waals surface area contributed by atoms with Gasteiger partial charge < -0.3 is 0 Å². The smallest absolute Gasteiger partial charge is 0.159 e. The first-order valence-electron chi connectivity index (χ1n) is 9.66. The summed E-state index contributed by atoms with van der Waals surface area (Å²) in [6, 6.07) is 18.4. The highest BCUT2D eigenvalue weighted by atomic mass is 14.9. The molecule has 0 unspecified atom stereocenters. The van der Waals surface area contributed by atoms with Gasteiger partial charge >= 0.3 is 0 Å². The van der Waals surface area contributed by atoms with Crippen molar-refractivity contribution in [3.05, 3.63) is 72.1 Å². The number of hydrogen-bond donors (Lipinski definition) is 0. The molecule has 134 valence electrons. The van der Waals surface area contributed by atoms with Crippen LogP contribution in [0.25, 0.3) is 22.5 Å². The highest BCUT2D eigenvalue weighted by Crippen LogP contribution is 2.36. The summed E-state index contributed by atoms with van der Waals surface area (Å²) in [5.41, 5.74) is 5.19. The Labute approximate surface area is 160 Å². The van der Waals surface area contributed by atoms with Gasteiger partial charge in [-0.1, -0.05) is 44.0 Å². The van der Waals surface area contributed by atoms with Gasteiger partial charge in [-0.2, -0.15) is 5.26 Å². The molecule has 0 bridgehead atoms. The van der Waals surface area contributed by atoms with Crippen molar-refractivity contribution in [2.45, 2.75) is 38.5 Å². The zero-order chi connectivity index (χ0) is 18.6. The van der Waals surface area contributed by atoms with E-state index in [2.05, 4.69) is 47.2 Å². The van der Waals surface area contributed by atoms with Crippen LogP contribution in [0.1, 0.15) is 49.7 Å². The highest BCUT2D eigenvalue weighted by molar-refractivity contribution is 5.64. The van der Waals surface area contributed by atoms with Crippen LogP contribution in [0.2, 0.25) is 0 Å². The van der Waals surface area contributed by atoms with E-state index in [1.165, 1.54) is 31.2 Å². The first kappa shape index (κ1) is 17.4. The van der Waals surface area contributed by atoms with Crippen LogP contribution in [-0.4, -0.2) is 9.97 Å². The van der Waals surface area contributed by atoms with Crippen molar-refractivity contribution in [1.29, 1.82) is 5.26 Å². The average molecular weight is 353 g/mol. The third-order valence-corrected chi connectivity index (χ3v) is 5.66. The van der Waals surface area contributed by atoms with Gasteiger partial charge in [-0.25, -0.2) is 9.97 Å². The fourth-order valence-corrected chi connectivity index (χ4v) is 3.86. The number of aromatic nitrogens is 2. The van der Waals surface area contributed by atoms with E-state index < -0.39 is 0 Å². The lowest BCUT2D eigenvalue weighted by molar-refractivity contribution is 0.348. The Bertz CT molecular complexity index is 927. The molecule has 0 spiro atoms. The van der Waals surface area contributed by atoms with Crippen LogP contribution >= 0.6 is 0 Å². The van der Waals surface area contributed by atoms with Crippen LogP contribution in [0.3, 0.4) is 0 Å². The summed E-state index contributed by atoms with van der Waals surface area (Å²) in [7, 11) is 0. The maximum Gasteiger partial charge on any atom is 0.159 e. The van der Waals surface area contributed by atoms with E-state index in [-0.39, 0.29) is 0 Å². The predicted molar refractivity (Wildman–Crippen MR) is 108 cm³/mol. The molecule has 1 heterocycles. The van der Waals surface area contributed by atoms with Gasteiger partial charge in [-0.05, 0) is 60.1 Å². The lowest BCUT2D eigenvalue weighted by Crippen LogP contribution is -2.10. The van der Waals surface area contributed by atoms with Crippen molar-refractivity contribution in [3.8, 4) is 28.6 Å². The van der Waals surface area contributed by atoms with Gasteiger partial charge in [0, 0.05) is 23.5 Å². The second kappa shape index (κ2) is 7.72. The summed E-state index contributed by atoms with van der Waals surface area (Å²) in [5.74, 6) is 2.27. The van der Waals surface area contributed by atoms with Crippen molar-refractivity contribution in [3.63, 3.8) is 0 Å². The standard InChI is InChI=1S/C24H23N3/c1-17-2-6-19(7-3-17)20-10-12-21(13-11-20)23-15-26-24(27-16-23)22-8-4-18(14-25)5-9-22/h4-5,8-13,15-17,19H,2-3,6-7H2,1H3/t17-,19-. The molecule has 2 aromatic carbocycles. The van der Waals surface area contributed by atoms with E-state index in [9.17, 15) is 0 Å². The molecule has 1 aliphatic rings. The summed E-state index contributed by atoms with van der Waals surface area (Å²) in [5, 5.41) is 8.89. The molecular weight excluding hydrogens is 330 g/mol. The normalized spacial score (nSPS) is 19.4. The minimum Gasteiger partial charge on any atom is -0.236 e. The summed E-state index contributed by atoms with van der Waals surface area (Å²) < 4.78 is 0. The van der Waals surface area contributed by atoms with E-state index in [1.807, 2.05) is 24.5 Å². The summed E-state index contributed by atoms with van der Waals surface area (Å²) >= 11 is 0. The molecule has 3 nitrogen and oxygen atoms in total. The molecular formula is C24H23N3. The molecule has 3 heteroatoms. The highest BCUT2D eigenvalue weighted by Gasteiger charge is 2.19. The molecule has 0 atom stereocenters. The van der Waals surface area contributed by atoms with Crippen molar-refractivity contribution in [2.24, 2.45) is 5.92 Å². The molecule has 3 aromatic rings. The Morgan fingerprint density at radius 1 is 0.778 bits per heavy atom. The molecule has 0 radical (unpaired) electrons. The first-order valence-corrected chi connectivity index (χ1v) is 9.66. The molecule has 0 N–H and O–H groups in total. The van der Waals surface area contributed by atoms with E-state index in [0.717, 1.165) is 22.6 Å². The zero-order valence-electron chi connectivity index (χ0n) is 15.6. The van der Waals surface area contributed by atoms with Gasteiger partial charge in [-0.3, -0.25) is 0 Å². The number of benzene rings is 2. The van der Waals surface area contributed by atoms with E-state index in [1.54, 1.807) is 12.1 Å². The van der Waals surface area contributed by atoms with E-state index in [0.29, 0.717) is 17.3 Å². The van der Waals surface area contributed by atoms with Gasteiger partial charge in [-0.15, -0.1) is 0 Å². The molecule has 1 fully saturated rings. The first-order chi connectivity index (χ1) is 13.2. The number of hydrogen-bond acceptors (Lipinski definition) is 3. The maximum atomic E-state index is 8.89. The molecule has 1 aliphatic carbocycles. The minimum absolute atomic E-state index is 0.642. The Balaban J connectivity index is 1.49. The fourth-order valence-electron chi connectivity index (χ4n) is 3.86. The fraction of sp³-hybridized carbons (Fsp3) is 0.292. The third-order valence-electron chi connectivity index (χ3n) is 5.66. The second-order valence-electron chi connectivity index (χ2n) is 7.56. The SMILES string of the molecule is C[C@H]1CC[C@H](c2ccc(-c3cnc(-c4ccc(C#N)cc4)nc3)cc2)CC1. The van der Waals surface area contributed by atoms with Crippen molar-refractivity contribution < 1.29 is 0 Å². The van der Waals surface area contributed by atoms with Crippen LogP contribution < -0.4 is 0 Å². The van der Waals surface area contributed by atoms with Gasteiger partial charge in [0.15, 0.2) is 5.82 Å². The van der Waals surface area contributed by atoms with Crippen LogP contribution in [0, 0.1) is 17.2 Å².